The van der Waals surface area contributed by atoms with E-state index in [-0.39, 0.29) is 16.5 Å². The molecule has 0 aliphatic heterocycles. The molecule has 3 rings (SSSR count). The number of halogens is 1. The molecule has 0 unspecified atom stereocenters. The van der Waals surface area contributed by atoms with Crippen molar-refractivity contribution in [2.24, 2.45) is 0 Å². The summed E-state index contributed by atoms with van der Waals surface area (Å²) in [6.07, 6.45) is 0.600. The SMILES string of the molecule is CC[C@H](NS(=O)(=O)c1cccc2nonc12)c1ccc(Cl)s1. The monoisotopic (exact) mass is 357 g/mol. The zero-order valence-electron chi connectivity index (χ0n) is 11.5. The predicted molar refractivity (Wildman–Crippen MR) is 84.5 cm³/mol. The van der Waals surface area contributed by atoms with Gasteiger partial charge >= 0.3 is 0 Å². The van der Waals surface area contributed by atoms with Gasteiger partial charge in [0.05, 0.1) is 10.4 Å². The molecule has 0 spiro atoms. The molecule has 1 N–H and O–H groups in total. The topological polar surface area (TPSA) is 85.1 Å². The molecule has 2 heterocycles. The first-order valence-corrected chi connectivity index (χ1v) is 9.18. The summed E-state index contributed by atoms with van der Waals surface area (Å²) in [6.45, 7) is 1.90. The lowest BCUT2D eigenvalue weighted by Crippen LogP contribution is -2.28. The molecule has 0 saturated carbocycles. The van der Waals surface area contributed by atoms with Gasteiger partial charge in [-0.3, -0.25) is 0 Å². The highest BCUT2D eigenvalue weighted by molar-refractivity contribution is 7.89. The van der Waals surface area contributed by atoms with Crippen molar-refractivity contribution in [1.29, 1.82) is 0 Å². The van der Waals surface area contributed by atoms with Crippen molar-refractivity contribution < 1.29 is 13.0 Å². The first-order chi connectivity index (χ1) is 10.5. The van der Waals surface area contributed by atoms with Gasteiger partial charge in [0.25, 0.3) is 0 Å². The highest BCUT2D eigenvalue weighted by Crippen LogP contribution is 2.30. The number of nitrogens with zero attached hydrogens (tertiary/aromatic N) is 2. The first kappa shape index (κ1) is 15.4. The van der Waals surface area contributed by atoms with Crippen LogP contribution in [-0.4, -0.2) is 18.7 Å². The van der Waals surface area contributed by atoms with E-state index < -0.39 is 10.0 Å². The van der Waals surface area contributed by atoms with E-state index in [2.05, 4.69) is 19.7 Å². The van der Waals surface area contributed by atoms with E-state index in [1.54, 1.807) is 18.2 Å². The Morgan fingerprint density at radius 1 is 1.32 bits per heavy atom. The number of nitrogens with one attached hydrogen (secondary N) is 1. The Balaban J connectivity index is 1.97. The summed E-state index contributed by atoms with van der Waals surface area (Å²) in [7, 11) is -3.76. The molecule has 3 aromatic rings. The summed E-state index contributed by atoms with van der Waals surface area (Å²) < 4.78 is 33.2. The highest BCUT2D eigenvalue weighted by atomic mass is 35.5. The van der Waals surface area contributed by atoms with Gasteiger partial charge in [-0.05, 0) is 41.0 Å². The molecule has 6 nitrogen and oxygen atoms in total. The lowest BCUT2D eigenvalue weighted by molar-refractivity contribution is 0.315. The normalized spacial score (nSPS) is 13.5. The van der Waals surface area contributed by atoms with Crippen LogP contribution < -0.4 is 4.72 Å². The van der Waals surface area contributed by atoms with Gasteiger partial charge in [-0.2, -0.15) is 0 Å². The number of aromatic nitrogens is 2. The third-order valence-electron chi connectivity index (χ3n) is 3.18. The molecule has 0 fully saturated rings. The summed E-state index contributed by atoms with van der Waals surface area (Å²) in [5, 5.41) is 7.33. The maximum atomic E-state index is 12.6. The zero-order valence-corrected chi connectivity index (χ0v) is 13.9. The number of benzene rings is 1. The third kappa shape index (κ3) is 2.87. The zero-order chi connectivity index (χ0) is 15.7. The van der Waals surface area contributed by atoms with Crippen molar-refractivity contribution in [2.45, 2.75) is 24.3 Å². The van der Waals surface area contributed by atoms with Crippen LogP contribution in [-0.2, 0) is 10.0 Å². The molecule has 0 amide bonds. The second kappa shape index (κ2) is 5.96. The smallest absolute Gasteiger partial charge is 0.243 e. The van der Waals surface area contributed by atoms with Crippen molar-refractivity contribution in [3.8, 4) is 0 Å². The first-order valence-electron chi connectivity index (χ1n) is 6.50. The molecule has 0 aliphatic rings. The fourth-order valence-corrected chi connectivity index (χ4v) is 4.83. The van der Waals surface area contributed by atoms with Crippen LogP contribution in [0.3, 0.4) is 0 Å². The Morgan fingerprint density at radius 2 is 2.14 bits per heavy atom. The van der Waals surface area contributed by atoms with Crippen molar-refractivity contribution in [1.82, 2.24) is 15.0 Å². The van der Waals surface area contributed by atoms with Gasteiger partial charge in [0.15, 0.2) is 5.52 Å². The molecule has 22 heavy (non-hydrogen) atoms. The van der Waals surface area contributed by atoms with E-state index in [9.17, 15) is 8.42 Å². The molecular weight excluding hydrogens is 346 g/mol. The van der Waals surface area contributed by atoms with E-state index in [1.165, 1.54) is 17.4 Å². The van der Waals surface area contributed by atoms with Crippen molar-refractivity contribution in [3.05, 3.63) is 39.5 Å². The Labute approximate surface area is 136 Å². The van der Waals surface area contributed by atoms with Crippen LogP contribution in [0.25, 0.3) is 11.0 Å². The van der Waals surface area contributed by atoms with Crippen molar-refractivity contribution in [3.63, 3.8) is 0 Å². The van der Waals surface area contributed by atoms with Gasteiger partial charge < -0.3 is 0 Å². The molecule has 2 aromatic heterocycles. The van der Waals surface area contributed by atoms with Gasteiger partial charge in [0.2, 0.25) is 10.0 Å². The van der Waals surface area contributed by atoms with E-state index in [1.807, 2.05) is 13.0 Å². The van der Waals surface area contributed by atoms with E-state index in [4.69, 9.17) is 11.6 Å². The van der Waals surface area contributed by atoms with Crippen LogP contribution in [0.4, 0.5) is 0 Å². The van der Waals surface area contributed by atoms with Gasteiger partial charge in [-0.15, -0.1) is 11.3 Å². The van der Waals surface area contributed by atoms with Gasteiger partial charge in [-0.1, -0.05) is 24.6 Å². The van der Waals surface area contributed by atoms with Crippen LogP contribution in [0.5, 0.6) is 0 Å². The molecule has 116 valence electrons. The van der Waals surface area contributed by atoms with Crippen molar-refractivity contribution in [2.75, 3.05) is 0 Å². The molecule has 0 saturated heterocycles. The number of thiophene rings is 1. The maximum absolute atomic E-state index is 12.6. The predicted octanol–water partition coefficient (Wildman–Crippen LogP) is 3.37. The quantitative estimate of drug-likeness (QED) is 0.756. The van der Waals surface area contributed by atoms with Crippen LogP contribution >= 0.6 is 22.9 Å². The highest BCUT2D eigenvalue weighted by Gasteiger charge is 2.24. The average molecular weight is 358 g/mol. The average Bonchev–Trinajstić information content (AvgIpc) is 3.12. The van der Waals surface area contributed by atoms with Crippen LogP contribution in [0.1, 0.15) is 24.3 Å². The van der Waals surface area contributed by atoms with Gasteiger partial charge in [-0.25, -0.2) is 17.8 Å². The summed E-state index contributed by atoms with van der Waals surface area (Å²) in [4.78, 5) is 0.911. The van der Waals surface area contributed by atoms with Crippen LogP contribution in [0.15, 0.2) is 39.9 Å². The number of hydrogen-bond acceptors (Lipinski definition) is 6. The summed E-state index contributed by atoms with van der Waals surface area (Å²) in [5.41, 5.74) is 0.615. The Bertz CT molecular complexity index is 904. The summed E-state index contributed by atoms with van der Waals surface area (Å²) >= 11 is 7.28. The molecule has 0 radical (unpaired) electrons. The Hall–Kier alpha value is -1.48. The van der Waals surface area contributed by atoms with Crippen LogP contribution in [0.2, 0.25) is 4.34 Å². The van der Waals surface area contributed by atoms with E-state index >= 15 is 0 Å². The van der Waals surface area contributed by atoms with Crippen molar-refractivity contribution >= 4 is 44.0 Å². The van der Waals surface area contributed by atoms with E-state index in [0.29, 0.717) is 16.3 Å². The number of rotatable bonds is 5. The molecule has 0 aliphatic carbocycles. The number of fused-ring (bicyclic) bond motifs is 1. The largest absolute Gasteiger partial charge is 0.243 e. The second-order valence-electron chi connectivity index (χ2n) is 4.61. The van der Waals surface area contributed by atoms with E-state index in [0.717, 1.165) is 4.88 Å². The standard InChI is InChI=1S/C13H12ClN3O3S2/c1-2-8(10-6-7-12(14)21-10)17-22(18,19)11-5-3-4-9-13(11)16-20-15-9/h3-8,17H,2H2,1H3/t8-/m0/s1. The van der Waals surface area contributed by atoms with Gasteiger partial charge in [0.1, 0.15) is 10.4 Å². The second-order valence-corrected chi connectivity index (χ2v) is 8.04. The third-order valence-corrected chi connectivity index (χ3v) is 6.03. The fourth-order valence-electron chi connectivity index (χ4n) is 2.11. The maximum Gasteiger partial charge on any atom is 0.243 e. The minimum absolute atomic E-state index is 0.0485. The molecule has 9 heteroatoms. The fraction of sp³-hybridized carbons (Fsp3) is 0.231. The molecule has 1 atom stereocenters. The lowest BCUT2D eigenvalue weighted by Gasteiger charge is -2.15. The molecule has 0 bridgehead atoms. The Morgan fingerprint density at radius 3 is 2.82 bits per heavy atom. The van der Waals surface area contributed by atoms with Crippen LogP contribution in [0, 0.1) is 0 Å². The van der Waals surface area contributed by atoms with Gasteiger partial charge in [0, 0.05) is 4.88 Å². The summed E-state index contributed by atoms with van der Waals surface area (Å²) in [5.74, 6) is 0. The lowest BCUT2D eigenvalue weighted by atomic mass is 10.2. The minimum Gasteiger partial charge on any atom is -0.243 e. The number of sulfonamides is 1. The molecule has 1 aromatic carbocycles. The summed E-state index contributed by atoms with van der Waals surface area (Å²) in [6, 6.07) is 7.94. The molecular formula is C13H12ClN3O3S2. The number of hydrogen-bond donors (Lipinski definition) is 1. The minimum atomic E-state index is -3.76. The Kier molecular flexibility index (Phi) is 4.18.